The maximum Gasteiger partial charge on any atom is 0.128 e. The van der Waals surface area contributed by atoms with E-state index in [4.69, 9.17) is 11.5 Å². The summed E-state index contributed by atoms with van der Waals surface area (Å²) in [6, 6.07) is 11.6. The van der Waals surface area contributed by atoms with Crippen molar-refractivity contribution in [3.8, 4) is 0 Å². The fourth-order valence-electron chi connectivity index (χ4n) is 2.39. The minimum atomic E-state index is -0.381. The molecule has 0 fully saturated rings. The second-order valence-electron chi connectivity index (χ2n) is 4.88. The average Bonchev–Trinajstić information content (AvgIpc) is 2.48. The van der Waals surface area contributed by atoms with Gasteiger partial charge in [0.2, 0.25) is 0 Å². The molecule has 0 saturated heterocycles. The molecule has 100 valence electrons. The molecule has 4 heteroatoms. The minimum Gasteiger partial charge on any atom is -0.383 e. The molecule has 0 aliphatic heterocycles. The third kappa shape index (κ3) is 2.10. The molecule has 2 aromatic heterocycles. The van der Waals surface area contributed by atoms with E-state index in [0.29, 0.717) is 5.82 Å². The molecule has 0 bridgehead atoms. The first-order valence-corrected chi connectivity index (χ1v) is 6.48. The number of anilines is 1. The number of fused-ring (bicyclic) bond motifs is 1. The molecule has 0 radical (unpaired) electrons. The molecule has 1 aromatic carbocycles. The summed E-state index contributed by atoms with van der Waals surface area (Å²) >= 11 is 0. The summed E-state index contributed by atoms with van der Waals surface area (Å²) < 4.78 is 0. The number of aromatic nitrogens is 2. The van der Waals surface area contributed by atoms with E-state index < -0.39 is 0 Å². The van der Waals surface area contributed by atoms with Crippen molar-refractivity contribution in [1.29, 1.82) is 0 Å². The van der Waals surface area contributed by atoms with Crippen LogP contribution in [0.4, 0.5) is 5.82 Å². The third-order valence-electron chi connectivity index (χ3n) is 3.42. The Labute approximate surface area is 117 Å². The Morgan fingerprint density at radius 3 is 2.75 bits per heavy atom. The van der Waals surface area contributed by atoms with E-state index in [1.54, 1.807) is 12.4 Å². The zero-order valence-corrected chi connectivity index (χ0v) is 11.2. The third-order valence-corrected chi connectivity index (χ3v) is 3.42. The second-order valence-corrected chi connectivity index (χ2v) is 4.88. The number of rotatable bonds is 2. The lowest BCUT2D eigenvalue weighted by atomic mass is 9.99. The maximum absolute atomic E-state index is 6.37. The monoisotopic (exact) mass is 264 g/mol. The average molecular weight is 264 g/mol. The standard InChI is InChI=1S/C16H16N4/c1-10-8-13(16(18)20-9-10)14(17)15-12-5-3-2-4-11(12)6-7-19-15/h2-9,14H,17H2,1H3,(H2,18,20). The number of aryl methyl sites for hydroxylation is 1. The Morgan fingerprint density at radius 1 is 1.10 bits per heavy atom. The van der Waals surface area contributed by atoms with Crippen molar-refractivity contribution in [2.75, 3.05) is 5.73 Å². The molecule has 2 heterocycles. The van der Waals surface area contributed by atoms with E-state index in [2.05, 4.69) is 9.97 Å². The minimum absolute atomic E-state index is 0.381. The van der Waals surface area contributed by atoms with Crippen LogP contribution < -0.4 is 11.5 Å². The van der Waals surface area contributed by atoms with Gasteiger partial charge in [0.05, 0.1) is 11.7 Å². The van der Waals surface area contributed by atoms with Gasteiger partial charge in [-0.05, 0) is 30.0 Å². The van der Waals surface area contributed by atoms with Crippen LogP contribution in [0.15, 0.2) is 48.8 Å². The molecular weight excluding hydrogens is 248 g/mol. The summed E-state index contributed by atoms with van der Waals surface area (Å²) in [7, 11) is 0. The van der Waals surface area contributed by atoms with Crippen LogP contribution in [0.3, 0.4) is 0 Å². The van der Waals surface area contributed by atoms with E-state index >= 15 is 0 Å². The quantitative estimate of drug-likeness (QED) is 0.745. The highest BCUT2D eigenvalue weighted by Gasteiger charge is 2.16. The molecule has 0 spiro atoms. The van der Waals surface area contributed by atoms with Crippen molar-refractivity contribution in [2.45, 2.75) is 13.0 Å². The highest BCUT2D eigenvalue weighted by Crippen LogP contribution is 2.27. The number of nitrogen functional groups attached to an aromatic ring is 1. The number of hydrogen-bond donors (Lipinski definition) is 2. The number of pyridine rings is 2. The smallest absolute Gasteiger partial charge is 0.128 e. The van der Waals surface area contributed by atoms with Gasteiger partial charge in [0.1, 0.15) is 5.82 Å². The summed E-state index contributed by atoms with van der Waals surface area (Å²) in [5, 5.41) is 2.16. The van der Waals surface area contributed by atoms with Crippen LogP contribution in [-0.4, -0.2) is 9.97 Å². The van der Waals surface area contributed by atoms with Crippen LogP contribution in [-0.2, 0) is 0 Å². The van der Waals surface area contributed by atoms with Gasteiger partial charge >= 0.3 is 0 Å². The summed E-state index contributed by atoms with van der Waals surface area (Å²) in [6.07, 6.45) is 3.51. The predicted octanol–water partition coefficient (Wildman–Crippen LogP) is 2.57. The number of nitrogens with two attached hydrogens (primary N) is 2. The van der Waals surface area contributed by atoms with Gasteiger partial charge in [-0.25, -0.2) is 4.98 Å². The first kappa shape index (κ1) is 12.6. The van der Waals surface area contributed by atoms with Crippen LogP contribution in [0, 0.1) is 6.92 Å². The molecule has 0 aliphatic carbocycles. The van der Waals surface area contributed by atoms with Gasteiger partial charge in [-0.1, -0.05) is 24.3 Å². The summed E-state index contributed by atoms with van der Waals surface area (Å²) in [6.45, 7) is 1.97. The van der Waals surface area contributed by atoms with Crippen LogP contribution >= 0.6 is 0 Å². The molecule has 0 amide bonds. The van der Waals surface area contributed by atoms with E-state index in [-0.39, 0.29) is 6.04 Å². The van der Waals surface area contributed by atoms with Crippen LogP contribution in [0.25, 0.3) is 10.8 Å². The van der Waals surface area contributed by atoms with Crippen molar-refractivity contribution < 1.29 is 0 Å². The van der Waals surface area contributed by atoms with Crippen LogP contribution in [0.2, 0.25) is 0 Å². The summed E-state index contributed by atoms with van der Waals surface area (Å²) in [5.41, 5.74) is 15.0. The van der Waals surface area contributed by atoms with Crippen molar-refractivity contribution in [3.05, 3.63) is 65.6 Å². The topological polar surface area (TPSA) is 77.8 Å². The largest absolute Gasteiger partial charge is 0.383 e. The molecule has 1 atom stereocenters. The molecule has 0 aliphatic rings. The van der Waals surface area contributed by atoms with Gasteiger partial charge < -0.3 is 11.5 Å². The summed E-state index contributed by atoms with van der Waals surface area (Å²) in [5.74, 6) is 0.456. The number of hydrogen-bond acceptors (Lipinski definition) is 4. The van der Waals surface area contributed by atoms with Gasteiger partial charge in [0.25, 0.3) is 0 Å². The zero-order valence-electron chi connectivity index (χ0n) is 11.2. The van der Waals surface area contributed by atoms with E-state index in [1.807, 2.05) is 43.3 Å². The van der Waals surface area contributed by atoms with Gasteiger partial charge in [0, 0.05) is 23.3 Å². The molecule has 20 heavy (non-hydrogen) atoms. The molecule has 4 N–H and O–H groups in total. The fraction of sp³-hybridized carbons (Fsp3) is 0.125. The number of benzene rings is 1. The van der Waals surface area contributed by atoms with E-state index in [0.717, 1.165) is 27.6 Å². The Bertz CT molecular complexity index is 762. The van der Waals surface area contributed by atoms with Crippen molar-refractivity contribution in [3.63, 3.8) is 0 Å². The van der Waals surface area contributed by atoms with Crippen molar-refractivity contribution >= 4 is 16.6 Å². The van der Waals surface area contributed by atoms with Crippen LogP contribution in [0.1, 0.15) is 22.9 Å². The van der Waals surface area contributed by atoms with E-state index in [9.17, 15) is 0 Å². The first-order valence-electron chi connectivity index (χ1n) is 6.48. The SMILES string of the molecule is Cc1cnc(N)c(C(N)c2nccc3ccccc23)c1. The van der Waals surface area contributed by atoms with Gasteiger partial charge in [-0.2, -0.15) is 0 Å². The molecule has 1 unspecified atom stereocenters. The van der Waals surface area contributed by atoms with Gasteiger partial charge in [-0.3, -0.25) is 4.98 Å². The van der Waals surface area contributed by atoms with Crippen molar-refractivity contribution in [2.24, 2.45) is 5.73 Å². The summed E-state index contributed by atoms with van der Waals surface area (Å²) in [4.78, 5) is 8.62. The Balaban J connectivity index is 2.17. The Hall–Kier alpha value is -2.46. The lowest BCUT2D eigenvalue weighted by molar-refractivity contribution is 0.835. The number of nitrogens with zero attached hydrogens (tertiary/aromatic N) is 2. The lowest BCUT2D eigenvalue weighted by Gasteiger charge is -2.16. The maximum atomic E-state index is 6.37. The highest BCUT2D eigenvalue weighted by atomic mass is 14.9. The molecule has 3 rings (SSSR count). The lowest BCUT2D eigenvalue weighted by Crippen LogP contribution is -2.16. The highest BCUT2D eigenvalue weighted by molar-refractivity contribution is 5.85. The van der Waals surface area contributed by atoms with Crippen LogP contribution in [0.5, 0.6) is 0 Å². The Morgan fingerprint density at radius 2 is 1.90 bits per heavy atom. The zero-order chi connectivity index (χ0) is 14.1. The second kappa shape index (κ2) is 4.90. The molecule has 4 nitrogen and oxygen atoms in total. The fourth-order valence-corrected chi connectivity index (χ4v) is 2.39. The predicted molar refractivity (Wildman–Crippen MR) is 81.2 cm³/mol. The van der Waals surface area contributed by atoms with Gasteiger partial charge in [0.15, 0.2) is 0 Å². The van der Waals surface area contributed by atoms with Gasteiger partial charge in [-0.15, -0.1) is 0 Å². The van der Waals surface area contributed by atoms with Crippen molar-refractivity contribution in [1.82, 2.24) is 9.97 Å². The Kier molecular flexibility index (Phi) is 3.08. The van der Waals surface area contributed by atoms with E-state index in [1.165, 1.54) is 0 Å². The molecule has 3 aromatic rings. The molecule has 0 saturated carbocycles. The normalized spacial score (nSPS) is 12.5. The first-order chi connectivity index (χ1) is 9.66. The molecular formula is C16H16N4.